The Bertz CT molecular complexity index is 558. The molecule has 23 heavy (non-hydrogen) atoms. The summed E-state index contributed by atoms with van der Waals surface area (Å²) in [5, 5.41) is 3.42. The van der Waals surface area contributed by atoms with Gasteiger partial charge in [0.25, 0.3) is 0 Å². The molecule has 1 aromatic rings. The lowest BCUT2D eigenvalue weighted by molar-refractivity contribution is 0.228. The highest BCUT2D eigenvalue weighted by atomic mass is 127. The van der Waals surface area contributed by atoms with Crippen molar-refractivity contribution in [3.63, 3.8) is 0 Å². The van der Waals surface area contributed by atoms with Gasteiger partial charge < -0.3 is 4.43 Å². The number of halogens is 1. The molecule has 0 fully saturated rings. The SMILES string of the molecule is C/C(=C/C[C@@H](/C=C/c1csc(C)n1)O[Si](C)(C)C(C)(C)C)CI. The number of aryl methyl sites for hydroxylation is 1. The van der Waals surface area contributed by atoms with Gasteiger partial charge in [0.1, 0.15) is 0 Å². The van der Waals surface area contributed by atoms with Crippen molar-refractivity contribution < 1.29 is 4.43 Å². The molecule has 0 aromatic carbocycles. The quantitative estimate of drug-likeness (QED) is 0.196. The summed E-state index contributed by atoms with van der Waals surface area (Å²) in [6.07, 6.45) is 7.65. The molecule has 0 spiro atoms. The summed E-state index contributed by atoms with van der Waals surface area (Å²) in [7, 11) is -1.78. The summed E-state index contributed by atoms with van der Waals surface area (Å²) < 4.78 is 7.68. The Hall–Kier alpha value is 0.0169. The number of thiazole rings is 1. The molecule has 0 bridgehead atoms. The molecule has 0 aliphatic carbocycles. The van der Waals surface area contributed by atoms with Crippen LogP contribution in [0, 0.1) is 6.92 Å². The normalized spacial score (nSPS) is 15.4. The Morgan fingerprint density at radius 3 is 2.57 bits per heavy atom. The van der Waals surface area contributed by atoms with Crippen LogP contribution in [0.4, 0.5) is 0 Å². The van der Waals surface area contributed by atoms with Gasteiger partial charge >= 0.3 is 0 Å². The summed E-state index contributed by atoms with van der Waals surface area (Å²) in [6, 6.07) is 0. The highest BCUT2D eigenvalue weighted by Gasteiger charge is 2.38. The zero-order valence-corrected chi connectivity index (χ0v) is 19.4. The van der Waals surface area contributed by atoms with Gasteiger partial charge in [-0.05, 0) is 44.5 Å². The van der Waals surface area contributed by atoms with E-state index >= 15 is 0 Å². The minimum Gasteiger partial charge on any atom is -0.410 e. The van der Waals surface area contributed by atoms with E-state index in [1.807, 2.05) is 6.92 Å². The van der Waals surface area contributed by atoms with Gasteiger partial charge in [-0.2, -0.15) is 0 Å². The molecule has 0 radical (unpaired) electrons. The summed E-state index contributed by atoms with van der Waals surface area (Å²) in [5.41, 5.74) is 2.44. The van der Waals surface area contributed by atoms with Crippen molar-refractivity contribution >= 4 is 48.3 Å². The minimum absolute atomic E-state index is 0.121. The molecule has 1 heterocycles. The number of alkyl halides is 1. The topological polar surface area (TPSA) is 22.1 Å². The smallest absolute Gasteiger partial charge is 0.192 e. The lowest BCUT2D eigenvalue weighted by Crippen LogP contribution is -2.43. The van der Waals surface area contributed by atoms with Crippen molar-refractivity contribution in [1.29, 1.82) is 0 Å². The first-order chi connectivity index (χ1) is 10.5. The van der Waals surface area contributed by atoms with Crippen LogP contribution < -0.4 is 0 Å². The van der Waals surface area contributed by atoms with Crippen LogP contribution in [0.3, 0.4) is 0 Å². The molecule has 0 N–H and O–H groups in total. The third kappa shape index (κ3) is 7.19. The molecule has 1 aromatic heterocycles. The molecule has 2 nitrogen and oxygen atoms in total. The molecule has 5 heteroatoms. The summed E-state index contributed by atoms with van der Waals surface area (Å²) in [5.74, 6) is 0. The third-order valence-electron chi connectivity index (χ3n) is 4.28. The van der Waals surface area contributed by atoms with Crippen molar-refractivity contribution in [3.8, 4) is 0 Å². The van der Waals surface area contributed by atoms with Crippen LogP contribution in [0.2, 0.25) is 18.1 Å². The number of rotatable bonds is 7. The number of allylic oxidation sites excluding steroid dienone is 1. The van der Waals surface area contributed by atoms with E-state index in [9.17, 15) is 0 Å². The van der Waals surface area contributed by atoms with Gasteiger partial charge in [0.05, 0.1) is 16.8 Å². The first kappa shape index (κ1) is 21.1. The summed E-state index contributed by atoms with van der Waals surface area (Å²) in [4.78, 5) is 4.51. The van der Waals surface area contributed by atoms with Crippen molar-refractivity contribution in [2.24, 2.45) is 0 Å². The predicted molar refractivity (Wildman–Crippen MR) is 115 cm³/mol. The molecule has 0 amide bonds. The van der Waals surface area contributed by atoms with Crippen LogP contribution in [0.1, 0.15) is 44.8 Å². The van der Waals surface area contributed by atoms with Gasteiger partial charge in [-0.15, -0.1) is 11.3 Å². The van der Waals surface area contributed by atoms with Crippen molar-refractivity contribution in [3.05, 3.63) is 33.8 Å². The number of hydrogen-bond donors (Lipinski definition) is 0. The van der Waals surface area contributed by atoms with Gasteiger partial charge in [0.2, 0.25) is 0 Å². The lowest BCUT2D eigenvalue weighted by atomic mass is 10.2. The van der Waals surface area contributed by atoms with E-state index in [1.165, 1.54) is 5.57 Å². The highest BCUT2D eigenvalue weighted by molar-refractivity contribution is 14.1. The fourth-order valence-electron chi connectivity index (χ4n) is 1.76. The van der Waals surface area contributed by atoms with Crippen LogP contribution in [0.5, 0.6) is 0 Å². The maximum Gasteiger partial charge on any atom is 0.192 e. The molecule has 130 valence electrons. The van der Waals surface area contributed by atoms with Gasteiger partial charge in [0, 0.05) is 9.81 Å². The molecule has 0 saturated carbocycles. The Balaban J connectivity index is 2.90. The average Bonchev–Trinajstić information content (AvgIpc) is 2.85. The second kappa shape index (κ2) is 8.92. The first-order valence-corrected chi connectivity index (χ1v) is 13.4. The highest BCUT2D eigenvalue weighted by Crippen LogP contribution is 2.38. The van der Waals surface area contributed by atoms with Crippen LogP contribution in [-0.2, 0) is 4.43 Å². The molecular weight excluding hydrogens is 433 g/mol. The Labute approximate surface area is 160 Å². The zero-order valence-electron chi connectivity index (χ0n) is 15.4. The largest absolute Gasteiger partial charge is 0.410 e. The van der Waals surface area contributed by atoms with Crippen molar-refractivity contribution in [1.82, 2.24) is 4.98 Å². The molecule has 0 saturated heterocycles. The fraction of sp³-hybridized carbons (Fsp3) is 0.611. The molecule has 1 rings (SSSR count). The van der Waals surface area contributed by atoms with E-state index < -0.39 is 8.32 Å². The standard InChI is InChI=1S/C18H30INOSSi/c1-14(12-19)8-10-17(21-23(6,7)18(3,4)5)11-9-16-13-22-15(2)20-16/h8-9,11,13,17H,10,12H2,1-7H3/b11-9+,14-8-/t17-/m0/s1. The predicted octanol–water partition coefficient (Wildman–Crippen LogP) is 6.63. The molecular formula is C18H30INOSSi. The van der Waals surface area contributed by atoms with Gasteiger partial charge in [0.15, 0.2) is 8.32 Å². The second-order valence-corrected chi connectivity index (χ2v) is 14.1. The van der Waals surface area contributed by atoms with E-state index in [2.05, 4.69) is 92.0 Å². The molecule has 1 atom stereocenters. The summed E-state index contributed by atoms with van der Waals surface area (Å²) >= 11 is 4.10. The fourth-order valence-corrected chi connectivity index (χ4v) is 3.93. The number of aromatic nitrogens is 1. The van der Waals surface area contributed by atoms with Gasteiger partial charge in [-0.25, -0.2) is 4.98 Å². The first-order valence-electron chi connectivity index (χ1n) is 8.05. The van der Waals surface area contributed by atoms with Crippen LogP contribution in [0.15, 0.2) is 23.1 Å². The Morgan fingerprint density at radius 2 is 2.09 bits per heavy atom. The van der Waals surface area contributed by atoms with E-state index in [-0.39, 0.29) is 11.1 Å². The van der Waals surface area contributed by atoms with Gasteiger partial charge in [-0.1, -0.05) is 61.1 Å². The maximum atomic E-state index is 6.61. The van der Waals surface area contributed by atoms with Crippen molar-refractivity contribution in [2.75, 3.05) is 4.43 Å². The van der Waals surface area contributed by atoms with Crippen molar-refractivity contribution in [2.45, 2.75) is 65.3 Å². The van der Waals surface area contributed by atoms with E-state index in [1.54, 1.807) is 11.3 Å². The minimum atomic E-state index is -1.78. The average molecular weight is 464 g/mol. The molecule has 0 unspecified atom stereocenters. The van der Waals surface area contributed by atoms with E-state index in [4.69, 9.17) is 4.43 Å². The van der Waals surface area contributed by atoms with Crippen LogP contribution in [-0.4, -0.2) is 23.8 Å². The molecule has 0 aliphatic heterocycles. The molecule has 0 aliphatic rings. The second-order valence-electron chi connectivity index (χ2n) is 7.49. The number of nitrogens with zero attached hydrogens (tertiary/aromatic N) is 1. The third-order valence-corrected chi connectivity index (χ3v) is 10.8. The number of hydrogen-bond acceptors (Lipinski definition) is 3. The van der Waals surface area contributed by atoms with Gasteiger partial charge in [-0.3, -0.25) is 0 Å². The maximum absolute atomic E-state index is 6.61. The van der Waals surface area contributed by atoms with Crippen LogP contribution >= 0.6 is 33.9 Å². The van der Waals surface area contributed by atoms with E-state index in [0.717, 1.165) is 21.5 Å². The monoisotopic (exact) mass is 463 g/mol. The van der Waals surface area contributed by atoms with Crippen LogP contribution in [0.25, 0.3) is 6.08 Å². The Morgan fingerprint density at radius 1 is 1.43 bits per heavy atom. The van der Waals surface area contributed by atoms with E-state index in [0.29, 0.717) is 0 Å². The zero-order chi connectivity index (χ0) is 17.7. The summed E-state index contributed by atoms with van der Waals surface area (Å²) in [6.45, 7) is 15.7. The Kier molecular flexibility index (Phi) is 8.17. The lowest BCUT2D eigenvalue weighted by Gasteiger charge is -2.38.